The first-order chi connectivity index (χ1) is 14.2. The van der Waals surface area contributed by atoms with Gasteiger partial charge in [-0.2, -0.15) is 23.4 Å². The van der Waals surface area contributed by atoms with Crippen LogP contribution >= 0.6 is 15.9 Å². The number of halogens is 4. The Kier molecular flexibility index (Phi) is 5.44. The lowest BCUT2D eigenvalue weighted by atomic mass is 10.0. The summed E-state index contributed by atoms with van der Waals surface area (Å²) in [6.07, 6.45) is -0.435. The number of carbonyl (C=O) groups excluding carboxylic acids is 1. The molecule has 2 aromatic heterocycles. The van der Waals surface area contributed by atoms with Crippen molar-refractivity contribution in [3.05, 3.63) is 64.1 Å². The van der Waals surface area contributed by atoms with Crippen molar-refractivity contribution in [2.75, 3.05) is 13.1 Å². The summed E-state index contributed by atoms with van der Waals surface area (Å²) in [4.78, 5) is 14.7. The molecule has 10 heteroatoms. The summed E-state index contributed by atoms with van der Waals surface area (Å²) < 4.78 is 42.3. The molecule has 3 heterocycles. The zero-order valence-corrected chi connectivity index (χ0v) is 17.7. The van der Waals surface area contributed by atoms with E-state index >= 15 is 0 Å². The second kappa shape index (κ2) is 7.90. The minimum atomic E-state index is -4.45. The van der Waals surface area contributed by atoms with Crippen molar-refractivity contribution in [1.82, 2.24) is 24.5 Å². The van der Waals surface area contributed by atoms with E-state index in [9.17, 15) is 18.0 Å². The van der Waals surface area contributed by atoms with Gasteiger partial charge in [-0.25, -0.2) is 4.68 Å². The van der Waals surface area contributed by atoms with Gasteiger partial charge in [0.05, 0.1) is 29.2 Å². The number of benzene rings is 1. The molecule has 1 saturated heterocycles. The van der Waals surface area contributed by atoms with E-state index in [1.165, 1.54) is 10.9 Å². The van der Waals surface area contributed by atoms with Crippen molar-refractivity contribution in [3.63, 3.8) is 0 Å². The first-order valence-electron chi connectivity index (χ1n) is 9.46. The molecular formula is C20H19BrF3N5O. The summed E-state index contributed by atoms with van der Waals surface area (Å²) in [7, 11) is 0. The van der Waals surface area contributed by atoms with Crippen LogP contribution in [0, 0.1) is 6.92 Å². The van der Waals surface area contributed by atoms with Crippen molar-refractivity contribution in [3.8, 4) is 5.69 Å². The fourth-order valence-electron chi connectivity index (χ4n) is 3.66. The van der Waals surface area contributed by atoms with Crippen molar-refractivity contribution in [1.29, 1.82) is 0 Å². The number of hydrogen-bond donors (Lipinski definition) is 0. The number of alkyl halides is 3. The topological polar surface area (TPSA) is 56.0 Å². The maximum Gasteiger partial charge on any atom is 0.435 e. The summed E-state index contributed by atoms with van der Waals surface area (Å²) in [6, 6.07) is 8.45. The summed E-state index contributed by atoms with van der Waals surface area (Å²) in [5.74, 6) is -0.120. The zero-order chi connectivity index (χ0) is 21.5. The molecule has 158 valence electrons. The molecule has 6 nitrogen and oxygen atoms in total. The minimum absolute atomic E-state index is 0.120. The highest BCUT2D eigenvalue weighted by Crippen LogP contribution is 2.30. The number of amides is 1. The molecule has 30 heavy (non-hydrogen) atoms. The van der Waals surface area contributed by atoms with Gasteiger partial charge in [0, 0.05) is 23.8 Å². The molecule has 0 radical (unpaired) electrons. The average Bonchev–Trinajstić information content (AvgIpc) is 3.36. The third-order valence-corrected chi connectivity index (χ3v) is 5.86. The van der Waals surface area contributed by atoms with Crippen LogP contribution in [0.5, 0.6) is 0 Å². The van der Waals surface area contributed by atoms with Crippen LogP contribution in [-0.4, -0.2) is 43.5 Å². The summed E-state index contributed by atoms with van der Waals surface area (Å²) in [5.41, 5.74) is 1.23. The lowest BCUT2D eigenvalue weighted by Gasteiger charge is -2.32. The van der Waals surface area contributed by atoms with Crippen molar-refractivity contribution < 1.29 is 18.0 Å². The van der Waals surface area contributed by atoms with Gasteiger partial charge in [-0.15, -0.1) is 0 Å². The lowest BCUT2D eigenvalue weighted by Crippen LogP contribution is -2.39. The second-order valence-corrected chi connectivity index (χ2v) is 8.15. The van der Waals surface area contributed by atoms with E-state index in [0.717, 1.165) is 21.9 Å². The quantitative estimate of drug-likeness (QED) is 0.547. The summed E-state index contributed by atoms with van der Waals surface area (Å²) in [5, 5.41) is 8.02. The molecule has 1 aliphatic heterocycles. The molecular weight excluding hydrogens is 463 g/mol. The number of rotatable bonds is 3. The Morgan fingerprint density at radius 3 is 2.40 bits per heavy atom. The largest absolute Gasteiger partial charge is 0.435 e. The fourth-order valence-corrected chi connectivity index (χ4v) is 3.92. The third-order valence-electron chi connectivity index (χ3n) is 5.34. The highest BCUT2D eigenvalue weighted by atomic mass is 79.9. The van der Waals surface area contributed by atoms with Gasteiger partial charge in [0.2, 0.25) is 0 Å². The van der Waals surface area contributed by atoms with Gasteiger partial charge in [0.1, 0.15) is 0 Å². The molecule has 0 saturated carbocycles. The fraction of sp³-hybridized carbons (Fsp3) is 0.350. The molecule has 3 aromatic rings. The molecule has 0 unspecified atom stereocenters. The van der Waals surface area contributed by atoms with Crippen molar-refractivity contribution >= 4 is 21.8 Å². The standard InChI is InChI=1S/C20H19BrF3N5O/c1-13-17(12-25-29(13)16-4-2-14(21)3-5-16)19(30)27-9-6-15(7-10-27)28-11-8-18(26-28)20(22,23)24/h2-5,8,11-12,15H,6-7,9-10H2,1H3. The molecule has 1 amide bonds. The monoisotopic (exact) mass is 481 g/mol. The molecule has 0 aliphatic carbocycles. The predicted molar refractivity (Wildman–Crippen MR) is 107 cm³/mol. The van der Waals surface area contributed by atoms with Crippen LogP contribution in [0.2, 0.25) is 0 Å². The normalized spacial score (nSPS) is 15.6. The van der Waals surface area contributed by atoms with E-state index < -0.39 is 11.9 Å². The second-order valence-electron chi connectivity index (χ2n) is 7.23. The number of piperidine rings is 1. The number of hydrogen-bond acceptors (Lipinski definition) is 3. The molecule has 0 spiro atoms. The Bertz CT molecular complexity index is 1050. The number of nitrogens with zero attached hydrogens (tertiary/aromatic N) is 5. The zero-order valence-electron chi connectivity index (χ0n) is 16.1. The Balaban J connectivity index is 1.44. The van der Waals surface area contributed by atoms with Crippen LogP contribution in [0.4, 0.5) is 13.2 Å². The molecule has 0 N–H and O–H groups in total. The van der Waals surface area contributed by atoms with Gasteiger partial charge in [-0.3, -0.25) is 9.48 Å². The maximum absolute atomic E-state index is 13.0. The maximum atomic E-state index is 13.0. The smallest absolute Gasteiger partial charge is 0.338 e. The van der Waals surface area contributed by atoms with Gasteiger partial charge < -0.3 is 4.90 Å². The SMILES string of the molecule is Cc1c(C(=O)N2CCC(n3ccc(C(F)(F)F)n3)CC2)cnn1-c1ccc(Br)cc1. The van der Waals surface area contributed by atoms with Crippen LogP contribution in [-0.2, 0) is 6.18 Å². The highest BCUT2D eigenvalue weighted by Gasteiger charge is 2.35. The van der Waals surface area contributed by atoms with E-state index in [2.05, 4.69) is 26.1 Å². The molecule has 0 bridgehead atoms. The Hall–Kier alpha value is -2.62. The Morgan fingerprint density at radius 2 is 1.80 bits per heavy atom. The molecule has 0 atom stereocenters. The van der Waals surface area contributed by atoms with Crippen LogP contribution in [0.15, 0.2) is 47.2 Å². The number of likely N-dealkylation sites (tertiary alicyclic amines) is 1. The van der Waals surface area contributed by atoms with E-state index in [0.29, 0.717) is 31.5 Å². The number of carbonyl (C=O) groups is 1. The summed E-state index contributed by atoms with van der Waals surface area (Å²) in [6.45, 7) is 2.75. The van der Waals surface area contributed by atoms with Crippen molar-refractivity contribution in [2.24, 2.45) is 0 Å². The van der Waals surface area contributed by atoms with Gasteiger partial charge in [-0.05, 0) is 50.1 Å². The molecule has 4 rings (SSSR count). The van der Waals surface area contributed by atoms with Crippen LogP contribution in [0.1, 0.15) is 40.6 Å². The van der Waals surface area contributed by atoms with Crippen LogP contribution in [0.3, 0.4) is 0 Å². The van der Waals surface area contributed by atoms with E-state index in [1.807, 2.05) is 31.2 Å². The van der Waals surface area contributed by atoms with E-state index in [4.69, 9.17) is 0 Å². The van der Waals surface area contributed by atoms with Gasteiger partial charge in [-0.1, -0.05) is 15.9 Å². The molecule has 1 aromatic carbocycles. The Labute approximate surface area is 179 Å². The molecule has 1 aliphatic rings. The molecule has 1 fully saturated rings. The van der Waals surface area contributed by atoms with Crippen LogP contribution in [0.25, 0.3) is 5.69 Å². The average molecular weight is 482 g/mol. The lowest BCUT2D eigenvalue weighted by molar-refractivity contribution is -0.141. The highest BCUT2D eigenvalue weighted by molar-refractivity contribution is 9.10. The van der Waals surface area contributed by atoms with Gasteiger partial charge in [0.15, 0.2) is 5.69 Å². The third kappa shape index (κ3) is 4.00. The number of aromatic nitrogens is 4. The minimum Gasteiger partial charge on any atom is -0.338 e. The van der Waals surface area contributed by atoms with E-state index in [1.54, 1.807) is 15.8 Å². The first-order valence-corrected chi connectivity index (χ1v) is 10.3. The van der Waals surface area contributed by atoms with Crippen LogP contribution < -0.4 is 0 Å². The summed E-state index contributed by atoms with van der Waals surface area (Å²) >= 11 is 3.40. The van der Waals surface area contributed by atoms with Crippen molar-refractivity contribution in [2.45, 2.75) is 32.0 Å². The van der Waals surface area contributed by atoms with Gasteiger partial charge >= 0.3 is 6.18 Å². The van der Waals surface area contributed by atoms with Gasteiger partial charge in [0.25, 0.3) is 5.91 Å². The Morgan fingerprint density at radius 1 is 1.13 bits per heavy atom. The van der Waals surface area contributed by atoms with E-state index in [-0.39, 0.29) is 11.9 Å². The predicted octanol–water partition coefficient (Wildman–Crippen LogP) is 4.64. The first kappa shape index (κ1) is 20.6.